The summed E-state index contributed by atoms with van der Waals surface area (Å²) >= 11 is 0. The highest BCUT2D eigenvalue weighted by Crippen LogP contribution is 2.38. The van der Waals surface area contributed by atoms with Gasteiger partial charge >= 0.3 is 0 Å². The van der Waals surface area contributed by atoms with Gasteiger partial charge in [-0.1, -0.05) is 112 Å². The molecule has 0 aromatic carbocycles. The first-order valence-electron chi connectivity index (χ1n) is 14.4. The molecule has 0 saturated heterocycles. The molecule has 31 heavy (non-hydrogen) atoms. The van der Waals surface area contributed by atoms with Crippen LogP contribution in [0, 0.1) is 41.4 Å². The molecule has 2 saturated carbocycles. The Hall–Kier alpha value is -0.0400. The van der Waals surface area contributed by atoms with Crippen LogP contribution >= 0.6 is 0 Å². The first-order chi connectivity index (χ1) is 15.0. The van der Waals surface area contributed by atoms with Crippen molar-refractivity contribution in [2.45, 2.75) is 138 Å². The van der Waals surface area contributed by atoms with Gasteiger partial charge in [-0.2, -0.15) is 0 Å². The van der Waals surface area contributed by atoms with Gasteiger partial charge in [0.15, 0.2) is 0 Å². The Bertz CT molecular complexity index is 385. The lowest BCUT2D eigenvalue weighted by molar-refractivity contribution is 0.0976. The number of hydrogen-bond acceptors (Lipinski definition) is 1. The van der Waals surface area contributed by atoms with Crippen LogP contribution < -0.4 is 0 Å². The topological polar surface area (TPSA) is 9.23 Å². The average molecular weight is 437 g/mol. The molecule has 0 spiro atoms. The van der Waals surface area contributed by atoms with Gasteiger partial charge in [0.1, 0.15) is 0 Å². The van der Waals surface area contributed by atoms with Crippen molar-refractivity contribution in [1.82, 2.24) is 0 Å². The maximum absolute atomic E-state index is 5.34. The molecule has 0 aromatic heterocycles. The van der Waals surface area contributed by atoms with Crippen LogP contribution in [0.2, 0.25) is 0 Å². The van der Waals surface area contributed by atoms with E-state index in [9.17, 15) is 0 Å². The molecule has 2 aliphatic carbocycles. The second kappa shape index (κ2) is 17.4. The molecule has 2 rings (SSSR count). The van der Waals surface area contributed by atoms with E-state index in [0.717, 1.165) is 48.0 Å². The quantitative estimate of drug-likeness (QED) is 0.279. The summed E-state index contributed by atoms with van der Waals surface area (Å²) in [5.41, 5.74) is 0. The van der Waals surface area contributed by atoms with Gasteiger partial charge in [-0.3, -0.25) is 0 Å². The Balaban J connectivity index is 0.000000316. The summed E-state index contributed by atoms with van der Waals surface area (Å²) in [5, 5.41) is 0. The molecule has 0 radical (unpaired) electrons. The van der Waals surface area contributed by atoms with Crippen LogP contribution in [0.1, 0.15) is 138 Å². The molecule has 0 heterocycles. The van der Waals surface area contributed by atoms with Crippen molar-refractivity contribution in [3.8, 4) is 0 Å². The summed E-state index contributed by atoms with van der Waals surface area (Å²) in [6.07, 6.45) is 21.7. The fourth-order valence-corrected chi connectivity index (χ4v) is 6.62. The molecule has 1 heteroatoms. The van der Waals surface area contributed by atoms with Crippen molar-refractivity contribution in [2.75, 3.05) is 13.7 Å². The van der Waals surface area contributed by atoms with Gasteiger partial charge in [-0.05, 0) is 67.1 Å². The molecule has 0 aromatic rings. The van der Waals surface area contributed by atoms with Gasteiger partial charge < -0.3 is 4.74 Å². The summed E-state index contributed by atoms with van der Waals surface area (Å²) in [6.45, 7) is 15.3. The second-order valence-electron chi connectivity index (χ2n) is 11.6. The SMILES string of the molecule is CCCC(C)CCC(CC)C1CCC(C)CC1.CCCC(COC)C(C)C1CCCC1. The molecule has 0 N–H and O–H groups in total. The van der Waals surface area contributed by atoms with Crippen LogP contribution in [-0.2, 0) is 4.74 Å². The fourth-order valence-electron chi connectivity index (χ4n) is 6.62. The molecular formula is C30H60O. The number of rotatable bonds is 13. The normalized spacial score (nSPS) is 26.0. The van der Waals surface area contributed by atoms with Crippen molar-refractivity contribution in [1.29, 1.82) is 0 Å². The van der Waals surface area contributed by atoms with Crippen molar-refractivity contribution >= 4 is 0 Å². The second-order valence-corrected chi connectivity index (χ2v) is 11.6. The summed E-state index contributed by atoms with van der Waals surface area (Å²) in [5.74, 6) is 6.71. The zero-order valence-electron chi connectivity index (χ0n) is 22.8. The Morgan fingerprint density at radius 2 is 1.35 bits per heavy atom. The van der Waals surface area contributed by atoms with E-state index >= 15 is 0 Å². The highest BCUT2D eigenvalue weighted by Gasteiger charge is 2.27. The largest absolute Gasteiger partial charge is 0.384 e. The maximum Gasteiger partial charge on any atom is 0.0493 e. The van der Waals surface area contributed by atoms with E-state index in [0.29, 0.717) is 0 Å². The van der Waals surface area contributed by atoms with E-state index in [-0.39, 0.29) is 0 Å². The number of hydrogen-bond donors (Lipinski definition) is 0. The van der Waals surface area contributed by atoms with Crippen molar-refractivity contribution in [3.05, 3.63) is 0 Å². The third-order valence-electron chi connectivity index (χ3n) is 8.99. The number of ether oxygens (including phenoxy) is 1. The highest BCUT2D eigenvalue weighted by atomic mass is 16.5. The lowest BCUT2D eigenvalue weighted by Gasteiger charge is -2.33. The van der Waals surface area contributed by atoms with E-state index in [1.165, 1.54) is 96.3 Å². The van der Waals surface area contributed by atoms with Gasteiger partial charge in [-0.25, -0.2) is 0 Å². The smallest absolute Gasteiger partial charge is 0.0493 e. The Morgan fingerprint density at radius 1 is 0.742 bits per heavy atom. The minimum Gasteiger partial charge on any atom is -0.384 e. The summed E-state index contributed by atoms with van der Waals surface area (Å²) < 4.78 is 5.34. The predicted molar refractivity (Wildman–Crippen MR) is 140 cm³/mol. The van der Waals surface area contributed by atoms with Crippen LogP contribution in [0.5, 0.6) is 0 Å². The van der Waals surface area contributed by atoms with Crippen molar-refractivity contribution in [2.24, 2.45) is 41.4 Å². The minimum absolute atomic E-state index is 0.799. The van der Waals surface area contributed by atoms with Gasteiger partial charge in [0, 0.05) is 13.7 Å². The standard InChI is InChI=1S/C17H34.C13H26O/c1-5-7-14(3)8-11-16(6-2)17-12-9-15(4)10-13-17;1-4-7-13(10-14-3)11(2)12-8-5-6-9-12/h14-17H,5-13H2,1-4H3;11-13H,4-10H2,1-3H3. The van der Waals surface area contributed by atoms with Gasteiger partial charge in [0.2, 0.25) is 0 Å². The molecule has 2 aliphatic rings. The molecule has 186 valence electrons. The first kappa shape index (κ1) is 29.0. The molecule has 0 amide bonds. The minimum atomic E-state index is 0.799. The zero-order chi connectivity index (χ0) is 23.1. The Labute approximate surface area is 197 Å². The monoisotopic (exact) mass is 436 g/mol. The lowest BCUT2D eigenvalue weighted by Crippen LogP contribution is -2.23. The molecule has 4 unspecified atom stereocenters. The van der Waals surface area contributed by atoms with Crippen molar-refractivity contribution < 1.29 is 4.74 Å². The molecule has 2 fully saturated rings. The molecular weight excluding hydrogens is 376 g/mol. The summed E-state index contributed by atoms with van der Waals surface area (Å²) in [7, 11) is 1.84. The molecule has 0 bridgehead atoms. The predicted octanol–water partition coefficient (Wildman–Crippen LogP) is 9.93. The fraction of sp³-hybridized carbons (Fsp3) is 1.00. The molecule has 0 aliphatic heterocycles. The average Bonchev–Trinajstić information content (AvgIpc) is 3.30. The molecule has 4 atom stereocenters. The van der Waals surface area contributed by atoms with Crippen LogP contribution in [0.4, 0.5) is 0 Å². The van der Waals surface area contributed by atoms with Crippen LogP contribution in [0.15, 0.2) is 0 Å². The van der Waals surface area contributed by atoms with Gasteiger partial charge in [0.25, 0.3) is 0 Å². The lowest BCUT2D eigenvalue weighted by atomic mass is 9.73. The van der Waals surface area contributed by atoms with Crippen LogP contribution in [-0.4, -0.2) is 13.7 Å². The third kappa shape index (κ3) is 11.6. The Kier molecular flexibility index (Phi) is 16.3. The highest BCUT2D eigenvalue weighted by molar-refractivity contribution is 4.78. The molecule has 1 nitrogen and oxygen atoms in total. The van der Waals surface area contributed by atoms with E-state index in [4.69, 9.17) is 4.74 Å². The van der Waals surface area contributed by atoms with Crippen molar-refractivity contribution in [3.63, 3.8) is 0 Å². The summed E-state index contributed by atoms with van der Waals surface area (Å²) in [4.78, 5) is 0. The van der Waals surface area contributed by atoms with Gasteiger partial charge in [-0.15, -0.1) is 0 Å². The third-order valence-corrected chi connectivity index (χ3v) is 8.99. The maximum atomic E-state index is 5.34. The summed E-state index contributed by atoms with van der Waals surface area (Å²) in [6, 6.07) is 0. The number of methoxy groups -OCH3 is 1. The van der Waals surface area contributed by atoms with E-state index in [2.05, 4.69) is 41.5 Å². The van der Waals surface area contributed by atoms with Crippen LogP contribution in [0.3, 0.4) is 0 Å². The van der Waals surface area contributed by atoms with E-state index in [1.807, 2.05) is 7.11 Å². The van der Waals surface area contributed by atoms with Crippen LogP contribution in [0.25, 0.3) is 0 Å². The zero-order valence-corrected chi connectivity index (χ0v) is 22.8. The van der Waals surface area contributed by atoms with E-state index < -0.39 is 0 Å². The first-order valence-corrected chi connectivity index (χ1v) is 14.4. The van der Waals surface area contributed by atoms with E-state index in [1.54, 1.807) is 0 Å². The Morgan fingerprint density at radius 3 is 1.87 bits per heavy atom. The van der Waals surface area contributed by atoms with Gasteiger partial charge in [0.05, 0.1) is 0 Å².